The van der Waals surface area contributed by atoms with E-state index in [0.29, 0.717) is 45.0 Å². The van der Waals surface area contributed by atoms with Gasteiger partial charge >= 0.3 is 0 Å². The molecule has 0 radical (unpaired) electrons. The van der Waals surface area contributed by atoms with Gasteiger partial charge < -0.3 is 14.4 Å². The molecule has 0 saturated carbocycles. The number of ether oxygens (including phenoxy) is 2. The first kappa shape index (κ1) is 27.0. The van der Waals surface area contributed by atoms with Crippen LogP contribution in [0.25, 0.3) is 16.9 Å². The minimum atomic E-state index is -0.415. The van der Waals surface area contributed by atoms with E-state index in [1.54, 1.807) is 80.4 Å². The highest BCUT2D eigenvalue weighted by Crippen LogP contribution is 2.32. The maximum absolute atomic E-state index is 13.1. The van der Waals surface area contributed by atoms with Crippen LogP contribution in [0, 0.1) is 0 Å². The van der Waals surface area contributed by atoms with Crippen molar-refractivity contribution in [3.8, 4) is 28.4 Å². The molecule has 3 aromatic carbocycles. The molecule has 8 nitrogen and oxygen atoms in total. The van der Waals surface area contributed by atoms with Gasteiger partial charge in [0, 0.05) is 29.4 Å². The fraction of sp³-hybridized carbons (Fsp3) is 0.179. The average molecular weight is 553 g/mol. The first-order valence-electron chi connectivity index (χ1n) is 11.8. The molecule has 1 aromatic heterocycles. The molecule has 1 heterocycles. The summed E-state index contributed by atoms with van der Waals surface area (Å²) in [5, 5.41) is 3.78. The van der Waals surface area contributed by atoms with E-state index in [1.165, 1.54) is 4.90 Å². The zero-order chi connectivity index (χ0) is 27.2. The summed E-state index contributed by atoms with van der Waals surface area (Å²) in [6, 6.07) is 19.3. The zero-order valence-electron chi connectivity index (χ0n) is 21.1. The molecule has 10 heteroatoms. The minimum absolute atomic E-state index is 0.185. The molecule has 0 fully saturated rings. The molecular formula is C28H26Cl2N4O4. The molecule has 1 N–H and O–H groups in total. The highest BCUT2D eigenvalue weighted by Gasteiger charge is 2.21. The molecule has 0 spiro atoms. The lowest BCUT2D eigenvalue weighted by molar-refractivity contribution is -0.116. The van der Waals surface area contributed by atoms with E-state index in [0.717, 1.165) is 5.56 Å². The van der Waals surface area contributed by atoms with Crippen LogP contribution in [0.2, 0.25) is 10.0 Å². The van der Waals surface area contributed by atoms with Crippen molar-refractivity contribution < 1.29 is 19.1 Å². The number of hydrogen-bond acceptors (Lipinski definition) is 5. The standard InChI is InChI=1S/C28H26Cl2N4O4/c1-4-33(27(36)21-7-5-6-8-22(21)30)17-26(35)32-28-31-23(18-9-11-19(29)12-10-18)16-34(28)20-13-14-24(37-2)25(15-20)38-3/h5-16H,4,17H2,1-3H3,(H,31,32,35). The number of imidazole rings is 1. The lowest BCUT2D eigenvalue weighted by Crippen LogP contribution is -2.38. The van der Waals surface area contributed by atoms with Crippen LogP contribution >= 0.6 is 23.2 Å². The molecule has 0 aliphatic carbocycles. The Morgan fingerprint density at radius 1 is 0.974 bits per heavy atom. The second-order valence-electron chi connectivity index (χ2n) is 8.21. The number of carbonyl (C=O) groups is 2. The van der Waals surface area contributed by atoms with Gasteiger partial charge in [-0.1, -0.05) is 47.5 Å². The Morgan fingerprint density at radius 3 is 2.34 bits per heavy atom. The summed E-state index contributed by atoms with van der Waals surface area (Å²) >= 11 is 12.3. The maximum atomic E-state index is 13.1. The van der Waals surface area contributed by atoms with Crippen LogP contribution in [0.5, 0.6) is 11.5 Å². The fourth-order valence-electron chi connectivity index (χ4n) is 3.87. The number of nitrogens with one attached hydrogen (secondary N) is 1. The average Bonchev–Trinajstić information content (AvgIpc) is 3.35. The van der Waals surface area contributed by atoms with Crippen LogP contribution in [0.1, 0.15) is 17.3 Å². The van der Waals surface area contributed by atoms with Crippen LogP contribution in [-0.4, -0.2) is 53.6 Å². The Bertz CT molecular complexity index is 1450. The van der Waals surface area contributed by atoms with E-state index in [9.17, 15) is 9.59 Å². The number of hydrogen-bond donors (Lipinski definition) is 1. The van der Waals surface area contributed by atoms with Gasteiger partial charge in [-0.15, -0.1) is 0 Å². The van der Waals surface area contributed by atoms with Crippen molar-refractivity contribution in [1.29, 1.82) is 0 Å². The molecule has 4 aromatic rings. The number of rotatable bonds is 9. The van der Waals surface area contributed by atoms with Crippen molar-refractivity contribution in [1.82, 2.24) is 14.5 Å². The molecule has 196 valence electrons. The Labute approximate surface area is 230 Å². The molecule has 0 unspecified atom stereocenters. The first-order valence-corrected chi connectivity index (χ1v) is 12.5. The summed E-state index contributed by atoms with van der Waals surface area (Å²) in [4.78, 5) is 32.3. The van der Waals surface area contributed by atoms with Gasteiger partial charge in [0.15, 0.2) is 11.5 Å². The lowest BCUT2D eigenvalue weighted by Gasteiger charge is -2.21. The van der Waals surface area contributed by atoms with E-state index in [2.05, 4.69) is 10.3 Å². The number of nitrogens with zero attached hydrogens (tertiary/aromatic N) is 3. The van der Waals surface area contributed by atoms with E-state index in [4.69, 9.17) is 32.7 Å². The number of amides is 2. The predicted molar refractivity (Wildman–Crippen MR) is 149 cm³/mol. The predicted octanol–water partition coefficient (Wildman–Crippen LogP) is 5.96. The Kier molecular flexibility index (Phi) is 8.55. The zero-order valence-corrected chi connectivity index (χ0v) is 22.6. The smallest absolute Gasteiger partial charge is 0.255 e. The number of likely N-dealkylation sites (N-methyl/N-ethyl adjacent to an activating group) is 1. The SMILES string of the molecule is CCN(CC(=O)Nc1nc(-c2ccc(Cl)cc2)cn1-c1ccc(OC)c(OC)c1)C(=O)c1ccccc1Cl. The summed E-state index contributed by atoms with van der Waals surface area (Å²) < 4.78 is 12.5. The van der Waals surface area contributed by atoms with Gasteiger partial charge in [0.1, 0.15) is 6.54 Å². The van der Waals surface area contributed by atoms with Gasteiger partial charge in [-0.3, -0.25) is 19.5 Å². The summed E-state index contributed by atoms with van der Waals surface area (Å²) in [6.07, 6.45) is 1.80. The van der Waals surface area contributed by atoms with E-state index in [1.807, 2.05) is 18.2 Å². The van der Waals surface area contributed by atoms with Gasteiger partial charge in [-0.2, -0.15) is 0 Å². The van der Waals surface area contributed by atoms with E-state index in [-0.39, 0.29) is 18.4 Å². The van der Waals surface area contributed by atoms with Crippen LogP contribution < -0.4 is 14.8 Å². The summed E-state index contributed by atoms with van der Waals surface area (Å²) in [5.41, 5.74) is 2.45. The molecule has 0 bridgehead atoms. The van der Waals surface area contributed by atoms with Crippen molar-refractivity contribution >= 4 is 41.0 Å². The molecule has 0 aliphatic rings. The summed E-state index contributed by atoms with van der Waals surface area (Å²) in [5.74, 6) is 0.608. The molecule has 2 amide bonds. The fourth-order valence-corrected chi connectivity index (χ4v) is 4.21. The molecule has 38 heavy (non-hydrogen) atoms. The van der Waals surface area contributed by atoms with Gasteiger partial charge in [0.25, 0.3) is 5.91 Å². The number of benzene rings is 3. The third-order valence-electron chi connectivity index (χ3n) is 5.85. The maximum Gasteiger partial charge on any atom is 0.255 e. The number of anilines is 1. The van der Waals surface area contributed by atoms with Crippen molar-refractivity contribution in [2.45, 2.75) is 6.92 Å². The summed E-state index contributed by atoms with van der Waals surface area (Å²) in [6.45, 7) is 1.93. The van der Waals surface area contributed by atoms with Crippen molar-refractivity contribution in [3.05, 3.63) is 88.5 Å². The normalized spacial score (nSPS) is 10.7. The molecule has 0 atom stereocenters. The van der Waals surface area contributed by atoms with E-state index < -0.39 is 5.91 Å². The van der Waals surface area contributed by atoms with Gasteiger partial charge in [0.05, 0.1) is 36.2 Å². The second kappa shape index (κ2) is 12.0. The Balaban J connectivity index is 1.65. The van der Waals surface area contributed by atoms with Crippen LogP contribution in [0.4, 0.5) is 5.95 Å². The topological polar surface area (TPSA) is 85.7 Å². The van der Waals surface area contributed by atoms with Crippen LogP contribution in [0.3, 0.4) is 0 Å². The van der Waals surface area contributed by atoms with Crippen molar-refractivity contribution in [2.75, 3.05) is 32.6 Å². The minimum Gasteiger partial charge on any atom is -0.493 e. The van der Waals surface area contributed by atoms with E-state index >= 15 is 0 Å². The Hall–Kier alpha value is -4.01. The molecular weight excluding hydrogens is 527 g/mol. The highest BCUT2D eigenvalue weighted by molar-refractivity contribution is 6.33. The third-order valence-corrected chi connectivity index (χ3v) is 6.43. The number of methoxy groups -OCH3 is 2. The largest absolute Gasteiger partial charge is 0.493 e. The number of halogens is 2. The van der Waals surface area contributed by atoms with Crippen molar-refractivity contribution in [3.63, 3.8) is 0 Å². The molecule has 4 rings (SSSR count). The van der Waals surface area contributed by atoms with Gasteiger partial charge in [0.2, 0.25) is 11.9 Å². The highest BCUT2D eigenvalue weighted by atomic mass is 35.5. The number of carbonyl (C=O) groups excluding carboxylic acids is 2. The van der Waals surface area contributed by atoms with Gasteiger partial charge in [-0.05, 0) is 43.3 Å². The van der Waals surface area contributed by atoms with Crippen LogP contribution in [0.15, 0.2) is 72.9 Å². The second-order valence-corrected chi connectivity index (χ2v) is 9.06. The summed E-state index contributed by atoms with van der Waals surface area (Å²) in [7, 11) is 3.11. The monoisotopic (exact) mass is 552 g/mol. The lowest BCUT2D eigenvalue weighted by atomic mass is 10.2. The van der Waals surface area contributed by atoms with Crippen LogP contribution in [-0.2, 0) is 4.79 Å². The molecule has 0 saturated heterocycles. The molecule has 0 aliphatic heterocycles. The Morgan fingerprint density at radius 2 is 1.68 bits per heavy atom. The third kappa shape index (κ3) is 5.93. The first-order chi connectivity index (χ1) is 18.3. The van der Waals surface area contributed by atoms with Crippen molar-refractivity contribution in [2.24, 2.45) is 0 Å². The number of aromatic nitrogens is 2. The quantitative estimate of drug-likeness (QED) is 0.276. The van der Waals surface area contributed by atoms with Gasteiger partial charge in [-0.25, -0.2) is 4.98 Å².